The summed E-state index contributed by atoms with van der Waals surface area (Å²) < 4.78 is 25.1. The van der Waals surface area contributed by atoms with Crippen molar-refractivity contribution in [3.05, 3.63) is 70.8 Å². The van der Waals surface area contributed by atoms with Crippen LogP contribution in [-0.4, -0.2) is 72.8 Å². The molecule has 253 valence electrons. The molecule has 0 aromatic heterocycles. The predicted octanol–water partition coefficient (Wildman–Crippen LogP) is 2.93. The second kappa shape index (κ2) is 25.5. The third-order valence-electron chi connectivity index (χ3n) is 6.26. The number of hydrogen-bond donors (Lipinski definition) is 4. The summed E-state index contributed by atoms with van der Waals surface area (Å²) in [7, 11) is 0. The van der Waals surface area contributed by atoms with E-state index in [-0.39, 0.29) is 104 Å². The minimum Gasteiger partial charge on any atom is -0.389 e. The normalized spacial score (nSPS) is 14.4. The van der Waals surface area contributed by atoms with Gasteiger partial charge in [0.1, 0.15) is 13.3 Å². The fraction of sp³-hybridized carbons (Fsp3) is 0.500. The van der Waals surface area contributed by atoms with Crippen molar-refractivity contribution in [3.8, 4) is 0 Å². The van der Waals surface area contributed by atoms with E-state index >= 15 is 0 Å². The van der Waals surface area contributed by atoms with Crippen molar-refractivity contribution >= 4 is 32.1 Å². The van der Waals surface area contributed by atoms with Gasteiger partial charge in [-0.15, -0.1) is 16.2 Å². The van der Waals surface area contributed by atoms with Crippen molar-refractivity contribution in [2.45, 2.75) is 78.7 Å². The van der Waals surface area contributed by atoms with E-state index in [1.807, 2.05) is 13.8 Å². The van der Waals surface area contributed by atoms with Gasteiger partial charge >= 0.3 is 5.97 Å². The van der Waals surface area contributed by atoms with Crippen LogP contribution in [0.1, 0.15) is 75.0 Å². The summed E-state index contributed by atoms with van der Waals surface area (Å²) in [6, 6.07) is 14.3. The summed E-state index contributed by atoms with van der Waals surface area (Å²) in [4.78, 5) is 49.1. The number of aliphatic hydroxyl groups excluding tert-OH is 2. The number of nitrogens with one attached hydrogen (secondary N) is 1. The molecule has 47 heavy (non-hydrogen) atoms. The van der Waals surface area contributed by atoms with Crippen LogP contribution in [0.25, 0.3) is 0 Å². The molecule has 0 aliphatic carbocycles. The van der Waals surface area contributed by atoms with Crippen molar-refractivity contribution in [2.75, 3.05) is 13.3 Å². The summed E-state index contributed by atoms with van der Waals surface area (Å²) in [6.07, 6.45) is -1.72. The molecule has 1 aliphatic heterocycles. The molecule has 2 aromatic carbocycles. The number of aryl methyl sites for hydroxylation is 2. The molecule has 1 fully saturated rings. The van der Waals surface area contributed by atoms with Gasteiger partial charge in [0.05, 0.1) is 30.2 Å². The molecular formula is C32H43BF2N3O7Y2-2. The van der Waals surface area contributed by atoms with E-state index in [0.717, 1.165) is 11.1 Å². The Labute approximate surface area is 328 Å². The Morgan fingerprint density at radius 3 is 1.70 bits per heavy atom. The van der Waals surface area contributed by atoms with Gasteiger partial charge in [-0.2, -0.15) is 59.7 Å². The van der Waals surface area contributed by atoms with Crippen molar-refractivity contribution in [1.82, 2.24) is 10.4 Å². The number of aliphatic hydroxyl groups is 2. The largest absolute Gasteiger partial charge is 0.389 e. The van der Waals surface area contributed by atoms with Gasteiger partial charge in [0.25, 0.3) is 11.8 Å². The molecule has 0 spiro atoms. The average Bonchev–Trinajstić information content (AvgIpc) is 3.31. The third kappa shape index (κ3) is 17.7. The van der Waals surface area contributed by atoms with Crippen molar-refractivity contribution in [2.24, 2.45) is 17.6 Å². The zero-order valence-electron chi connectivity index (χ0n) is 27.7. The van der Waals surface area contributed by atoms with Gasteiger partial charge in [-0.25, -0.2) is 13.6 Å². The zero-order chi connectivity index (χ0) is 33.6. The SMILES string of the molecule is CC(C)C(=O)ON1C(=O)CCC1=O.Cc1[c-]ccc([C@@H](O)[C@@H](CF)NC(=O)C(C)C)c1.Cc1[c-]ccc([C@@H](O)[C@H](N)CF)c1.[B].[Y].[Y]. The Hall–Kier alpha value is -1.47. The number of nitrogens with two attached hydrogens (primary N) is 1. The van der Waals surface area contributed by atoms with E-state index in [1.54, 1.807) is 64.1 Å². The van der Waals surface area contributed by atoms with Crippen LogP contribution in [0.5, 0.6) is 0 Å². The molecular weight excluding hydrogens is 765 g/mol. The second-order valence-electron chi connectivity index (χ2n) is 10.9. The molecule has 0 bridgehead atoms. The summed E-state index contributed by atoms with van der Waals surface area (Å²) in [6.45, 7) is 8.87. The van der Waals surface area contributed by atoms with E-state index < -0.39 is 55.4 Å². The number of nitrogens with zero attached hydrogens (tertiary/aromatic N) is 1. The molecule has 10 nitrogen and oxygen atoms in total. The molecule has 4 atom stereocenters. The van der Waals surface area contributed by atoms with Crippen LogP contribution in [0.3, 0.4) is 0 Å². The molecule has 0 saturated carbocycles. The number of halogens is 2. The maximum Gasteiger partial charge on any atom is 0.335 e. The van der Waals surface area contributed by atoms with Gasteiger partial charge < -0.3 is 26.1 Å². The number of imide groups is 1. The Morgan fingerprint density at radius 1 is 0.894 bits per heavy atom. The molecule has 1 saturated heterocycles. The van der Waals surface area contributed by atoms with E-state index in [1.165, 1.54) is 0 Å². The molecule has 2 aromatic rings. The fourth-order valence-electron chi connectivity index (χ4n) is 3.55. The number of rotatable bonds is 10. The number of benzene rings is 2. The number of carbonyl (C=O) groups excluding carboxylic acids is 4. The topological polar surface area (TPSA) is 159 Å². The quantitative estimate of drug-likeness (QED) is 0.162. The van der Waals surface area contributed by atoms with Crippen molar-refractivity contribution in [1.29, 1.82) is 0 Å². The van der Waals surface area contributed by atoms with Gasteiger partial charge in [-0.1, -0.05) is 41.5 Å². The first-order chi connectivity index (χ1) is 20.6. The molecule has 3 rings (SSSR count). The Bertz CT molecular complexity index is 1240. The van der Waals surface area contributed by atoms with Crippen molar-refractivity contribution in [3.63, 3.8) is 0 Å². The maximum absolute atomic E-state index is 12.9. The van der Waals surface area contributed by atoms with Crippen LogP contribution >= 0.6 is 0 Å². The number of amides is 3. The summed E-state index contributed by atoms with van der Waals surface area (Å²) in [5, 5.41) is 22.7. The average molecular weight is 808 g/mol. The number of hydroxylamine groups is 2. The molecule has 1 heterocycles. The first-order valence-corrected chi connectivity index (χ1v) is 14.2. The minimum atomic E-state index is -1.05. The number of hydrogen-bond acceptors (Lipinski definition) is 8. The zero-order valence-corrected chi connectivity index (χ0v) is 33.4. The van der Waals surface area contributed by atoms with E-state index in [9.17, 15) is 38.2 Å². The number of carbonyl (C=O) groups is 4. The van der Waals surface area contributed by atoms with E-state index in [0.29, 0.717) is 16.2 Å². The smallest absolute Gasteiger partial charge is 0.335 e. The standard InChI is InChI=1S/C14H19FNO2.C10H13FNO.C8H11NO4.B.2Y/c1-9(2)14(18)16-12(8-15)13(17)11-6-4-5-10(3)7-11;1-7-3-2-4-8(5-7)10(13)9(12)6-11;1-5(2)8(12)13-9-6(10)3-4-7(9)11;;;/h4,6-7,9,12-13,17H,8H2,1-3H3,(H,16,18);2,4-5,9-10,13H,6,12H2,1H3;5H,3-4H2,1-2H3;;;/q2*-1;;;;/t12-,13-;9-,10-;;;;/m11..../s1. The molecule has 15 heteroatoms. The van der Waals surface area contributed by atoms with Crippen LogP contribution in [0.15, 0.2) is 36.4 Å². The first kappa shape index (κ1) is 49.9. The Kier molecular flexibility index (Phi) is 27.1. The van der Waals surface area contributed by atoms with Gasteiger partial charge in [-0.3, -0.25) is 14.4 Å². The van der Waals surface area contributed by atoms with Gasteiger partial charge in [-0.05, 0) is 0 Å². The summed E-state index contributed by atoms with van der Waals surface area (Å²) in [5.41, 5.74) is 8.35. The van der Waals surface area contributed by atoms with Crippen LogP contribution in [0.4, 0.5) is 8.78 Å². The van der Waals surface area contributed by atoms with Gasteiger partial charge in [0, 0.05) is 92.6 Å². The molecule has 3 amide bonds. The molecule has 1 aliphatic rings. The fourth-order valence-corrected chi connectivity index (χ4v) is 3.55. The number of alkyl halides is 2. The van der Waals surface area contributed by atoms with E-state index in [4.69, 9.17) is 5.73 Å². The maximum atomic E-state index is 12.9. The second-order valence-corrected chi connectivity index (χ2v) is 10.9. The van der Waals surface area contributed by atoms with Crippen LogP contribution in [0, 0.1) is 37.8 Å². The predicted molar refractivity (Wildman–Crippen MR) is 164 cm³/mol. The minimum absolute atomic E-state index is 0. The van der Waals surface area contributed by atoms with Crippen LogP contribution in [-0.2, 0) is 89.4 Å². The molecule has 0 unspecified atom stereocenters. The van der Waals surface area contributed by atoms with Gasteiger partial charge in [0.15, 0.2) is 0 Å². The molecule has 5 N–H and O–H groups in total. The summed E-state index contributed by atoms with van der Waals surface area (Å²) >= 11 is 0. The molecule has 5 radical (unpaired) electrons. The monoisotopic (exact) mass is 808 g/mol. The Balaban J connectivity index is -0.000000610. The van der Waals surface area contributed by atoms with E-state index in [2.05, 4.69) is 22.3 Å². The van der Waals surface area contributed by atoms with Crippen molar-refractivity contribution < 1.29 is 108 Å². The third-order valence-corrected chi connectivity index (χ3v) is 6.26. The first-order valence-electron chi connectivity index (χ1n) is 14.2. The summed E-state index contributed by atoms with van der Waals surface area (Å²) in [5.74, 6) is -2.31. The van der Waals surface area contributed by atoms with Crippen LogP contribution < -0.4 is 11.1 Å². The van der Waals surface area contributed by atoms with Crippen LogP contribution in [0.2, 0.25) is 0 Å². The Morgan fingerprint density at radius 2 is 1.34 bits per heavy atom. The van der Waals surface area contributed by atoms with Gasteiger partial charge in [0.2, 0.25) is 5.91 Å².